The van der Waals surface area contributed by atoms with E-state index < -0.39 is 9.71 Å². The molecule has 0 rings (SSSR count). The molecule has 1 unspecified atom stereocenters. The van der Waals surface area contributed by atoms with Gasteiger partial charge in [-0.25, -0.2) is 4.72 Å². The summed E-state index contributed by atoms with van der Waals surface area (Å²) in [5, 5.41) is 0. The summed E-state index contributed by atoms with van der Waals surface area (Å²) in [7, 11) is -0.256. The van der Waals surface area contributed by atoms with E-state index in [1.807, 2.05) is 6.92 Å². The number of nitrogens with one attached hydrogen (secondary N) is 1. The molecule has 0 aromatic heterocycles. The van der Waals surface area contributed by atoms with Crippen LogP contribution < -0.4 is 4.72 Å². The lowest BCUT2D eigenvalue weighted by Gasteiger charge is -1.99. The maximum absolute atomic E-state index is 10.7. The van der Waals surface area contributed by atoms with Gasteiger partial charge in [-0.1, -0.05) is 6.92 Å². The predicted molar refractivity (Wildman–Crippen MR) is 34.9 cm³/mol. The summed E-state index contributed by atoms with van der Waals surface area (Å²) in [6.45, 7) is 1.84. The fourth-order valence-corrected chi connectivity index (χ4v) is 0.433. The summed E-state index contributed by atoms with van der Waals surface area (Å²) in [5.74, 6) is 4.02. The van der Waals surface area contributed by atoms with Gasteiger partial charge in [-0.05, 0) is 12.9 Å². The first-order valence-corrected chi connectivity index (χ1v) is 4.05. The molecule has 3 heteroatoms. The van der Waals surface area contributed by atoms with Gasteiger partial charge < -0.3 is 0 Å². The maximum atomic E-state index is 10.7. The third-order valence-electron chi connectivity index (χ3n) is 0.838. The van der Waals surface area contributed by atoms with Crippen molar-refractivity contribution in [1.82, 2.24) is 4.72 Å². The van der Waals surface area contributed by atoms with E-state index in [-0.39, 0.29) is 0 Å². The van der Waals surface area contributed by atoms with Gasteiger partial charge in [-0.2, -0.15) is 0 Å². The number of rotatable bonds is 2. The molecule has 0 aliphatic heterocycles. The predicted octanol–water partition coefficient (Wildman–Crippen LogP) is -0.143. The van der Waals surface area contributed by atoms with Crippen LogP contribution in [0.15, 0.2) is 0 Å². The quantitative estimate of drug-likeness (QED) is 0.506. The number of hydrogen-bond donors (Lipinski definition) is 1. The second-order valence-corrected chi connectivity index (χ2v) is 3.91. The first kappa shape index (κ1) is 6.98. The Morgan fingerprint density at radius 2 is 2.29 bits per heavy atom. The lowest BCUT2D eigenvalue weighted by Crippen LogP contribution is -2.19. The summed E-state index contributed by atoms with van der Waals surface area (Å²) in [4.78, 5) is 0. The highest BCUT2D eigenvalue weighted by molar-refractivity contribution is 7.98. The molecular weight excluding hydrogens is 110 g/mol. The van der Waals surface area contributed by atoms with Gasteiger partial charge in [0.25, 0.3) is 0 Å². The SMILES string of the molecule is C=S(=O)(CC)NC. The molecule has 0 aromatic rings. The highest BCUT2D eigenvalue weighted by Gasteiger charge is 1.89. The van der Waals surface area contributed by atoms with Gasteiger partial charge in [-0.15, -0.1) is 0 Å². The van der Waals surface area contributed by atoms with E-state index >= 15 is 0 Å². The molecule has 44 valence electrons. The van der Waals surface area contributed by atoms with Gasteiger partial charge in [0.2, 0.25) is 0 Å². The molecule has 7 heavy (non-hydrogen) atoms. The van der Waals surface area contributed by atoms with Crippen molar-refractivity contribution >= 4 is 15.6 Å². The van der Waals surface area contributed by atoms with Crippen LogP contribution in [0.1, 0.15) is 6.92 Å². The van der Waals surface area contributed by atoms with Crippen LogP contribution in [0.3, 0.4) is 0 Å². The van der Waals surface area contributed by atoms with Crippen molar-refractivity contribution in [2.75, 3.05) is 12.8 Å². The normalized spacial score (nSPS) is 18.6. The van der Waals surface area contributed by atoms with Crippen LogP contribution in [0.2, 0.25) is 0 Å². The highest BCUT2D eigenvalue weighted by Crippen LogP contribution is 1.75. The Kier molecular flexibility index (Phi) is 2.32. The minimum atomic E-state index is -1.91. The molecular formula is C4H11NOS. The van der Waals surface area contributed by atoms with Gasteiger partial charge in [0.15, 0.2) is 0 Å². The second kappa shape index (κ2) is 2.33. The van der Waals surface area contributed by atoms with Crippen molar-refractivity contribution in [3.8, 4) is 0 Å². The monoisotopic (exact) mass is 121 g/mol. The largest absolute Gasteiger partial charge is 0.253 e. The summed E-state index contributed by atoms with van der Waals surface area (Å²) in [6.07, 6.45) is 0. The van der Waals surface area contributed by atoms with Crippen molar-refractivity contribution in [2.24, 2.45) is 0 Å². The van der Waals surface area contributed by atoms with Crippen molar-refractivity contribution in [3.63, 3.8) is 0 Å². The molecule has 0 fully saturated rings. The van der Waals surface area contributed by atoms with Crippen LogP contribution in [0.4, 0.5) is 0 Å². The van der Waals surface area contributed by atoms with Crippen LogP contribution in [-0.2, 0) is 9.71 Å². The second-order valence-electron chi connectivity index (χ2n) is 1.30. The average molecular weight is 121 g/mol. The van der Waals surface area contributed by atoms with Crippen LogP contribution in [-0.4, -0.2) is 22.9 Å². The Bertz CT molecular complexity index is 115. The molecule has 0 bridgehead atoms. The molecule has 1 atom stereocenters. The molecule has 0 heterocycles. The van der Waals surface area contributed by atoms with E-state index in [2.05, 4.69) is 10.6 Å². The zero-order valence-electron chi connectivity index (χ0n) is 4.73. The zero-order chi connectivity index (χ0) is 5.91. The molecule has 0 saturated heterocycles. The minimum absolute atomic E-state index is 0.601. The first-order valence-electron chi connectivity index (χ1n) is 2.16. The lowest BCUT2D eigenvalue weighted by molar-refractivity contribution is 0.676. The third-order valence-corrected chi connectivity index (χ3v) is 2.51. The van der Waals surface area contributed by atoms with E-state index in [4.69, 9.17) is 0 Å². The summed E-state index contributed by atoms with van der Waals surface area (Å²) >= 11 is 0. The fraction of sp³-hybridized carbons (Fsp3) is 0.750. The van der Waals surface area contributed by atoms with Gasteiger partial charge in [0, 0.05) is 15.5 Å². The smallest absolute Gasteiger partial charge is 0.0260 e. The van der Waals surface area contributed by atoms with Crippen LogP contribution >= 0.6 is 0 Å². The van der Waals surface area contributed by atoms with Crippen LogP contribution in [0.5, 0.6) is 0 Å². The molecule has 0 radical (unpaired) electrons. The van der Waals surface area contributed by atoms with Gasteiger partial charge >= 0.3 is 0 Å². The Morgan fingerprint density at radius 1 is 1.86 bits per heavy atom. The zero-order valence-corrected chi connectivity index (χ0v) is 5.55. The topological polar surface area (TPSA) is 29.1 Å². The van der Waals surface area contributed by atoms with Crippen molar-refractivity contribution in [1.29, 1.82) is 0 Å². The van der Waals surface area contributed by atoms with Gasteiger partial charge in [-0.3, -0.25) is 4.21 Å². The molecule has 0 aliphatic carbocycles. The van der Waals surface area contributed by atoms with E-state index in [1.54, 1.807) is 7.05 Å². The maximum Gasteiger partial charge on any atom is 0.0260 e. The molecule has 0 saturated carbocycles. The fourth-order valence-electron chi connectivity index (χ4n) is 0.144. The van der Waals surface area contributed by atoms with Crippen molar-refractivity contribution in [2.45, 2.75) is 6.92 Å². The Hall–Kier alpha value is -0.0200. The number of hydrogen-bond acceptors (Lipinski definition) is 1. The average Bonchev–Trinajstić information content (AvgIpc) is 1.68. The van der Waals surface area contributed by atoms with Crippen molar-refractivity contribution in [3.05, 3.63) is 0 Å². The highest BCUT2D eigenvalue weighted by atomic mass is 32.2. The lowest BCUT2D eigenvalue weighted by atomic mass is 11.0. The van der Waals surface area contributed by atoms with Gasteiger partial charge in [0.1, 0.15) is 0 Å². The van der Waals surface area contributed by atoms with E-state index in [9.17, 15) is 4.21 Å². The molecule has 0 aliphatic rings. The molecule has 0 spiro atoms. The third kappa shape index (κ3) is 2.65. The van der Waals surface area contributed by atoms with Gasteiger partial charge in [0.05, 0.1) is 0 Å². The molecule has 0 aromatic carbocycles. The first-order chi connectivity index (χ1) is 3.12. The molecule has 0 amide bonds. The minimum Gasteiger partial charge on any atom is -0.253 e. The Labute approximate surface area is 45.1 Å². The van der Waals surface area contributed by atoms with E-state index in [0.29, 0.717) is 5.75 Å². The Balaban J connectivity index is 3.89. The standard InChI is InChI=1S/C4H11NOS/c1-4-7(3,6)5-2/h3-4H2,1-2H3,(H,5,6). The molecule has 1 N–H and O–H groups in total. The summed E-state index contributed by atoms with van der Waals surface area (Å²) in [5.41, 5.74) is 0. The van der Waals surface area contributed by atoms with Crippen LogP contribution in [0.25, 0.3) is 0 Å². The summed E-state index contributed by atoms with van der Waals surface area (Å²) in [6, 6.07) is 0. The molecule has 2 nitrogen and oxygen atoms in total. The van der Waals surface area contributed by atoms with Crippen molar-refractivity contribution < 1.29 is 4.21 Å². The van der Waals surface area contributed by atoms with E-state index in [1.165, 1.54) is 0 Å². The summed E-state index contributed by atoms with van der Waals surface area (Å²) < 4.78 is 13.3. The van der Waals surface area contributed by atoms with Crippen LogP contribution in [0, 0.1) is 0 Å². The Morgan fingerprint density at radius 3 is 2.29 bits per heavy atom. The van der Waals surface area contributed by atoms with E-state index in [0.717, 1.165) is 0 Å².